The summed E-state index contributed by atoms with van der Waals surface area (Å²) in [6, 6.07) is 33.5. The molecule has 0 bridgehead atoms. The number of nitro benzene ring substituents is 1. The summed E-state index contributed by atoms with van der Waals surface area (Å²) in [7, 11) is 0. The molecule has 254 valence electrons. The SMILES string of the molecule is CC(C)(C)OC(=O)c1cc(OCc2ccccc2)c(C(=O)c2c(C(=O)OCc3ccccc3)cccc2[N+](=O)[O-])c(OCc2ccccc2)c1. The van der Waals surface area contributed by atoms with Crippen molar-refractivity contribution in [2.24, 2.45) is 0 Å². The Morgan fingerprint density at radius 3 is 1.56 bits per heavy atom. The van der Waals surface area contributed by atoms with E-state index >= 15 is 0 Å². The zero-order valence-electron chi connectivity index (χ0n) is 27.8. The van der Waals surface area contributed by atoms with Crippen LogP contribution in [0.25, 0.3) is 0 Å². The molecule has 0 aromatic heterocycles. The maximum Gasteiger partial charge on any atom is 0.339 e. The summed E-state index contributed by atoms with van der Waals surface area (Å²) in [6.45, 7) is 4.97. The first kappa shape index (κ1) is 35.0. The lowest BCUT2D eigenvalue weighted by Crippen LogP contribution is -2.24. The molecular weight excluding hydrogens is 638 g/mol. The third-order valence-corrected chi connectivity index (χ3v) is 7.30. The highest BCUT2D eigenvalue weighted by molar-refractivity contribution is 6.19. The minimum absolute atomic E-state index is 0.0210. The molecule has 10 nitrogen and oxygen atoms in total. The second kappa shape index (κ2) is 15.7. The summed E-state index contributed by atoms with van der Waals surface area (Å²) in [5, 5.41) is 12.4. The van der Waals surface area contributed by atoms with Crippen molar-refractivity contribution in [2.75, 3.05) is 0 Å². The van der Waals surface area contributed by atoms with Crippen molar-refractivity contribution in [3.05, 3.63) is 170 Å². The van der Waals surface area contributed by atoms with Crippen molar-refractivity contribution in [3.63, 3.8) is 0 Å². The third kappa shape index (κ3) is 8.99. The lowest BCUT2D eigenvalue weighted by Gasteiger charge is -2.22. The number of hydrogen-bond donors (Lipinski definition) is 0. The Labute approximate surface area is 289 Å². The van der Waals surface area contributed by atoms with E-state index in [0.29, 0.717) is 5.56 Å². The second-order valence-electron chi connectivity index (χ2n) is 12.2. The molecule has 0 atom stereocenters. The van der Waals surface area contributed by atoms with Crippen molar-refractivity contribution in [1.29, 1.82) is 0 Å². The topological polar surface area (TPSA) is 131 Å². The molecule has 50 heavy (non-hydrogen) atoms. The van der Waals surface area contributed by atoms with Gasteiger partial charge in [-0.2, -0.15) is 0 Å². The van der Waals surface area contributed by atoms with Gasteiger partial charge in [-0.05, 0) is 55.7 Å². The molecule has 0 aliphatic rings. The van der Waals surface area contributed by atoms with Crippen LogP contribution in [0.1, 0.15) is 74.1 Å². The quantitative estimate of drug-likeness (QED) is 0.0524. The molecule has 0 saturated heterocycles. The molecule has 0 spiro atoms. The lowest BCUT2D eigenvalue weighted by atomic mass is 9.94. The Morgan fingerprint density at radius 2 is 1.10 bits per heavy atom. The van der Waals surface area contributed by atoms with Crippen molar-refractivity contribution < 1.29 is 38.3 Å². The van der Waals surface area contributed by atoms with Gasteiger partial charge in [0.15, 0.2) is 0 Å². The predicted octanol–water partition coefficient (Wildman–Crippen LogP) is 8.30. The van der Waals surface area contributed by atoms with Gasteiger partial charge < -0.3 is 18.9 Å². The summed E-state index contributed by atoms with van der Waals surface area (Å²) in [5.74, 6) is -2.80. The molecule has 0 heterocycles. The molecular formula is C40H35NO9. The van der Waals surface area contributed by atoms with Crippen molar-refractivity contribution in [1.82, 2.24) is 0 Å². The molecule has 0 amide bonds. The first-order valence-electron chi connectivity index (χ1n) is 15.8. The van der Waals surface area contributed by atoms with Crippen LogP contribution in [0.5, 0.6) is 11.5 Å². The first-order valence-corrected chi connectivity index (χ1v) is 15.8. The molecule has 10 heteroatoms. The van der Waals surface area contributed by atoms with Crippen LogP contribution in [-0.2, 0) is 29.3 Å². The Balaban J connectivity index is 1.66. The van der Waals surface area contributed by atoms with Crippen LogP contribution in [0.15, 0.2) is 121 Å². The standard InChI is InChI=1S/C40H35NO9/c1-40(2,3)50-38(43)30-22-33(47-24-27-14-7-4-8-15-27)36(34(23-30)48-25-28-16-9-5-10-17-28)37(42)35-31(20-13-21-32(35)41(45)46)39(44)49-26-29-18-11-6-12-19-29/h4-23H,24-26H2,1-3H3. The van der Waals surface area contributed by atoms with Crippen LogP contribution in [0.2, 0.25) is 0 Å². The number of carbonyl (C=O) groups is 3. The number of benzene rings is 5. The van der Waals surface area contributed by atoms with Gasteiger partial charge in [0, 0.05) is 6.07 Å². The lowest BCUT2D eigenvalue weighted by molar-refractivity contribution is -0.385. The van der Waals surface area contributed by atoms with E-state index in [0.717, 1.165) is 17.2 Å². The zero-order chi connectivity index (χ0) is 35.7. The number of nitro groups is 1. The van der Waals surface area contributed by atoms with Gasteiger partial charge in [0.05, 0.1) is 16.1 Å². The van der Waals surface area contributed by atoms with Gasteiger partial charge in [0.1, 0.15) is 48.0 Å². The number of rotatable bonds is 13. The van der Waals surface area contributed by atoms with Gasteiger partial charge in [0.2, 0.25) is 5.78 Å². The molecule has 0 N–H and O–H groups in total. The van der Waals surface area contributed by atoms with E-state index in [4.69, 9.17) is 18.9 Å². The summed E-state index contributed by atoms with van der Waals surface area (Å²) < 4.78 is 23.5. The normalized spacial score (nSPS) is 10.9. The molecule has 5 aromatic carbocycles. The number of carbonyl (C=O) groups excluding carboxylic acids is 3. The average Bonchev–Trinajstić information content (AvgIpc) is 3.11. The summed E-state index contributed by atoms with van der Waals surface area (Å²) in [5.41, 5.74) is -0.334. The molecule has 0 aliphatic heterocycles. The Hall–Kier alpha value is -6.29. The van der Waals surface area contributed by atoms with Crippen LogP contribution in [0.3, 0.4) is 0 Å². The van der Waals surface area contributed by atoms with E-state index in [2.05, 4.69) is 0 Å². The molecule has 0 aliphatic carbocycles. The van der Waals surface area contributed by atoms with Crippen molar-refractivity contribution in [3.8, 4) is 11.5 Å². The Morgan fingerprint density at radius 1 is 0.620 bits per heavy atom. The van der Waals surface area contributed by atoms with Crippen molar-refractivity contribution >= 4 is 23.4 Å². The van der Waals surface area contributed by atoms with E-state index in [9.17, 15) is 24.5 Å². The summed E-state index contributed by atoms with van der Waals surface area (Å²) in [6.07, 6.45) is 0. The average molecular weight is 674 g/mol. The number of nitrogens with zero attached hydrogens (tertiary/aromatic N) is 1. The highest BCUT2D eigenvalue weighted by Gasteiger charge is 2.34. The zero-order valence-corrected chi connectivity index (χ0v) is 27.8. The fraction of sp³-hybridized carbons (Fsp3) is 0.175. The van der Waals surface area contributed by atoms with Crippen LogP contribution in [0, 0.1) is 10.1 Å². The summed E-state index contributed by atoms with van der Waals surface area (Å²) in [4.78, 5) is 53.2. The minimum Gasteiger partial charge on any atom is -0.488 e. The first-order chi connectivity index (χ1) is 24.0. The number of esters is 2. The van der Waals surface area contributed by atoms with E-state index in [-0.39, 0.29) is 48.0 Å². The molecule has 0 unspecified atom stereocenters. The van der Waals surface area contributed by atoms with Crippen LogP contribution < -0.4 is 9.47 Å². The number of ketones is 1. The molecule has 5 rings (SSSR count). The van der Waals surface area contributed by atoms with Gasteiger partial charge in [-0.3, -0.25) is 14.9 Å². The van der Waals surface area contributed by atoms with E-state index in [1.54, 1.807) is 45.0 Å². The van der Waals surface area contributed by atoms with Gasteiger partial charge in [-0.15, -0.1) is 0 Å². The van der Waals surface area contributed by atoms with Crippen LogP contribution >= 0.6 is 0 Å². The van der Waals surface area contributed by atoms with Crippen LogP contribution in [0.4, 0.5) is 5.69 Å². The maximum absolute atomic E-state index is 14.8. The number of hydrogen-bond acceptors (Lipinski definition) is 9. The minimum atomic E-state index is -0.940. The predicted molar refractivity (Wildman–Crippen MR) is 185 cm³/mol. The van der Waals surface area contributed by atoms with Crippen LogP contribution in [-0.4, -0.2) is 28.2 Å². The highest BCUT2D eigenvalue weighted by Crippen LogP contribution is 2.38. The number of ether oxygens (including phenoxy) is 4. The molecule has 0 fully saturated rings. The molecule has 5 aromatic rings. The van der Waals surface area contributed by atoms with E-state index in [1.165, 1.54) is 24.3 Å². The highest BCUT2D eigenvalue weighted by atomic mass is 16.6. The van der Waals surface area contributed by atoms with Gasteiger partial charge >= 0.3 is 11.9 Å². The smallest absolute Gasteiger partial charge is 0.339 e. The van der Waals surface area contributed by atoms with Crippen molar-refractivity contribution in [2.45, 2.75) is 46.2 Å². The molecule has 0 saturated carbocycles. The largest absolute Gasteiger partial charge is 0.488 e. The van der Waals surface area contributed by atoms with E-state index < -0.39 is 39.5 Å². The van der Waals surface area contributed by atoms with Gasteiger partial charge in [-0.1, -0.05) is 97.1 Å². The van der Waals surface area contributed by atoms with E-state index in [1.807, 2.05) is 66.7 Å². The van der Waals surface area contributed by atoms with Gasteiger partial charge in [-0.25, -0.2) is 9.59 Å². The fourth-order valence-electron chi connectivity index (χ4n) is 4.99. The maximum atomic E-state index is 14.8. The fourth-order valence-corrected chi connectivity index (χ4v) is 4.99. The molecule has 0 radical (unpaired) electrons. The Bertz CT molecular complexity index is 1920. The monoisotopic (exact) mass is 673 g/mol. The summed E-state index contributed by atoms with van der Waals surface area (Å²) >= 11 is 0. The van der Waals surface area contributed by atoms with Gasteiger partial charge in [0.25, 0.3) is 5.69 Å². The Kier molecular flexibility index (Phi) is 11.0. The third-order valence-electron chi connectivity index (χ3n) is 7.30. The second-order valence-corrected chi connectivity index (χ2v) is 12.2.